The van der Waals surface area contributed by atoms with E-state index in [4.69, 9.17) is 0 Å². The average Bonchev–Trinajstić information content (AvgIpc) is 3.27. The fourth-order valence-electron chi connectivity index (χ4n) is 5.00. The fraction of sp³-hybridized carbons (Fsp3) is 0.783. The number of thiazole rings is 1. The molecule has 0 saturated carbocycles. The molecule has 0 fully saturated rings. The van der Waals surface area contributed by atoms with E-state index in [1.165, 1.54) is 51.8 Å². The van der Waals surface area contributed by atoms with Crippen LogP contribution in [0.3, 0.4) is 0 Å². The van der Waals surface area contributed by atoms with Gasteiger partial charge in [-0.05, 0) is 0 Å². The van der Waals surface area contributed by atoms with E-state index >= 15 is 0 Å². The Morgan fingerprint density at radius 1 is 1.03 bits per heavy atom. The van der Waals surface area contributed by atoms with Gasteiger partial charge in [0.05, 0.1) is 0 Å². The molecule has 0 N–H and O–H groups in total. The van der Waals surface area contributed by atoms with Gasteiger partial charge in [0.25, 0.3) is 0 Å². The summed E-state index contributed by atoms with van der Waals surface area (Å²) in [6.45, 7) is 17.0. The maximum absolute atomic E-state index is 13.8. The van der Waals surface area contributed by atoms with Crippen molar-refractivity contribution in [1.29, 1.82) is 0 Å². The number of imidazole rings is 1. The number of aromatic nitrogens is 2. The molecule has 2 heterocycles. The number of hydrogen-bond acceptors (Lipinski definition) is 4. The molecule has 2 aromatic heterocycles. The van der Waals surface area contributed by atoms with Crippen molar-refractivity contribution in [3.8, 4) is 0 Å². The van der Waals surface area contributed by atoms with Crippen molar-refractivity contribution in [2.75, 3.05) is 0 Å². The summed E-state index contributed by atoms with van der Waals surface area (Å²) in [5.41, 5.74) is -0.443. The van der Waals surface area contributed by atoms with Crippen molar-refractivity contribution in [3.63, 3.8) is 0 Å². The molecule has 0 radical (unpaired) electrons. The summed E-state index contributed by atoms with van der Waals surface area (Å²) in [5, 5.41) is 0.270. The molecular weight excluding hydrogens is 561 g/mol. The van der Waals surface area contributed by atoms with Crippen LogP contribution < -0.4 is 2.89 Å². The van der Waals surface area contributed by atoms with Crippen LogP contribution in [0.5, 0.6) is 0 Å². The Bertz CT molecular complexity index is 942. The third-order valence-electron chi connectivity index (χ3n) is 6.36. The third-order valence-corrected chi connectivity index (χ3v) is 31.4. The van der Waals surface area contributed by atoms with Crippen LogP contribution in [0.25, 0.3) is 4.83 Å². The number of rotatable bonds is 13. The maximum atomic E-state index is 13.8. The molecule has 0 saturated heterocycles. The van der Waals surface area contributed by atoms with E-state index in [0.29, 0.717) is 0 Å². The van der Waals surface area contributed by atoms with E-state index in [-0.39, 0.29) is 5.03 Å². The van der Waals surface area contributed by atoms with Crippen molar-refractivity contribution in [2.45, 2.75) is 117 Å². The normalized spacial score (nSPS) is 13.7. The molecule has 2 aromatic rings. The minimum atomic E-state index is -3.63. The Morgan fingerprint density at radius 3 is 1.94 bits per heavy atom. The van der Waals surface area contributed by atoms with Crippen molar-refractivity contribution in [3.05, 3.63) is 12.5 Å². The average molecular weight is 607 g/mol. The Balaban J connectivity index is 2.62. The number of fused-ring (bicyclic) bond motifs is 1. The van der Waals surface area contributed by atoms with Gasteiger partial charge in [-0.3, -0.25) is 0 Å². The molecule has 2 rings (SSSR count). The van der Waals surface area contributed by atoms with Gasteiger partial charge >= 0.3 is 208 Å². The van der Waals surface area contributed by atoms with E-state index in [0.717, 1.165) is 4.83 Å². The summed E-state index contributed by atoms with van der Waals surface area (Å²) in [5.74, 6) is 0. The Morgan fingerprint density at radius 2 is 1.53 bits per heavy atom. The van der Waals surface area contributed by atoms with Gasteiger partial charge in [0, 0.05) is 0 Å². The van der Waals surface area contributed by atoms with Gasteiger partial charge in [-0.25, -0.2) is 0 Å². The molecule has 32 heavy (non-hydrogen) atoms. The first-order chi connectivity index (χ1) is 14.9. The van der Waals surface area contributed by atoms with Gasteiger partial charge in [-0.2, -0.15) is 0 Å². The van der Waals surface area contributed by atoms with Crippen LogP contribution in [0.2, 0.25) is 26.4 Å². The molecular formula is C23H45N3O2S2SiSn. The molecule has 0 amide bonds. The second-order valence-corrected chi connectivity index (χ2v) is 30.5. The molecule has 0 bridgehead atoms. The van der Waals surface area contributed by atoms with Gasteiger partial charge in [0.1, 0.15) is 0 Å². The van der Waals surface area contributed by atoms with Gasteiger partial charge < -0.3 is 0 Å². The van der Waals surface area contributed by atoms with Crippen molar-refractivity contribution >= 4 is 56.4 Å². The number of hydrogen-bond donors (Lipinski definition) is 0. The molecule has 5 nitrogen and oxygen atoms in total. The summed E-state index contributed by atoms with van der Waals surface area (Å²) in [6.07, 6.45) is 11.6. The van der Waals surface area contributed by atoms with Crippen LogP contribution >= 0.6 is 11.3 Å². The minimum absolute atomic E-state index is 0.270. The number of unbranched alkanes of at least 4 members (excludes halogenated alkanes) is 3. The first kappa shape index (κ1) is 28.3. The predicted molar refractivity (Wildman–Crippen MR) is 145 cm³/mol. The van der Waals surface area contributed by atoms with Crippen molar-refractivity contribution in [1.82, 2.24) is 13.4 Å². The van der Waals surface area contributed by atoms with E-state index in [1.807, 2.05) is 25.2 Å². The predicted octanol–water partition coefficient (Wildman–Crippen LogP) is 6.22. The SMILES string of the molecule is CCC[CH2][Sn]([CH2]CCC)([CH2]CCC)[c]1cn2cnc(S(=O)(=O)N([SiH](C)C)C(C)(C)C)c2s1. The summed E-state index contributed by atoms with van der Waals surface area (Å²) >= 11 is -0.852. The van der Waals surface area contributed by atoms with Crippen LogP contribution in [-0.2, 0) is 10.0 Å². The topological polar surface area (TPSA) is 54.7 Å². The van der Waals surface area contributed by atoms with E-state index in [9.17, 15) is 8.42 Å². The zero-order valence-electron chi connectivity index (χ0n) is 21.6. The standard InChI is InChI=1S/C11H18N3O2S2Si.3C4H9.Sn/c1-11(2,3)14(19(4)5)18(15,16)9-10-13(8-12-9)6-7-17-10;3*1-3-4-2;/h6,8,19H,1-5H3;3*1,3-4H2,2H3;. The van der Waals surface area contributed by atoms with E-state index < -0.39 is 42.9 Å². The van der Waals surface area contributed by atoms with Crippen LogP contribution in [0, 0.1) is 0 Å². The molecule has 0 aliphatic rings. The zero-order chi connectivity index (χ0) is 24.2. The molecule has 0 aromatic carbocycles. The number of sulfonamides is 1. The Hall–Kier alpha value is 0.0956. The van der Waals surface area contributed by atoms with Gasteiger partial charge in [-0.15, -0.1) is 0 Å². The van der Waals surface area contributed by atoms with Gasteiger partial charge in [0.15, 0.2) is 0 Å². The monoisotopic (exact) mass is 607 g/mol. The summed E-state index contributed by atoms with van der Waals surface area (Å²) < 4.78 is 37.0. The molecule has 0 spiro atoms. The van der Waals surface area contributed by atoms with Crippen molar-refractivity contribution in [2.24, 2.45) is 0 Å². The van der Waals surface area contributed by atoms with Gasteiger partial charge in [-0.1, -0.05) is 0 Å². The van der Waals surface area contributed by atoms with Gasteiger partial charge in [0.2, 0.25) is 0 Å². The van der Waals surface area contributed by atoms with Crippen molar-refractivity contribution < 1.29 is 8.42 Å². The summed E-state index contributed by atoms with van der Waals surface area (Å²) in [4.78, 5) is 5.27. The quantitative estimate of drug-likeness (QED) is 0.255. The molecule has 0 aliphatic carbocycles. The Labute approximate surface area is 206 Å². The first-order valence-corrected chi connectivity index (χ1v) is 25.0. The van der Waals surface area contributed by atoms with E-state index in [2.05, 4.69) is 45.0 Å². The van der Waals surface area contributed by atoms with Crippen LogP contribution in [0.4, 0.5) is 0 Å². The van der Waals surface area contributed by atoms with Crippen LogP contribution in [-0.4, -0.2) is 54.6 Å². The molecule has 0 aliphatic heterocycles. The second kappa shape index (κ2) is 11.7. The first-order valence-electron chi connectivity index (χ1n) is 12.5. The number of nitrogens with zero attached hydrogens (tertiary/aromatic N) is 3. The Kier molecular flexibility index (Phi) is 10.3. The van der Waals surface area contributed by atoms with Crippen LogP contribution in [0.15, 0.2) is 17.6 Å². The molecule has 0 atom stereocenters. The fourth-order valence-corrected chi connectivity index (χ4v) is 30.8. The summed E-state index contributed by atoms with van der Waals surface area (Å²) in [7, 11) is -5.25. The zero-order valence-corrected chi connectivity index (χ0v) is 27.2. The molecule has 0 unspecified atom stereocenters. The summed E-state index contributed by atoms with van der Waals surface area (Å²) in [6, 6.07) is 0. The van der Waals surface area contributed by atoms with E-state index in [1.54, 1.807) is 24.5 Å². The second-order valence-electron chi connectivity index (χ2n) is 10.5. The third kappa shape index (κ3) is 6.20. The molecule has 184 valence electrons. The van der Waals surface area contributed by atoms with Crippen LogP contribution in [0.1, 0.15) is 80.1 Å². The molecule has 9 heteroatoms.